The number of amides is 1. The van der Waals surface area contributed by atoms with Crippen LogP contribution < -0.4 is 15.8 Å². The lowest BCUT2D eigenvalue weighted by molar-refractivity contribution is 0.0984. The number of aromatic nitrogens is 2. The first-order chi connectivity index (χ1) is 22.6. The highest BCUT2D eigenvalue weighted by molar-refractivity contribution is 7.14. The van der Waals surface area contributed by atoms with Gasteiger partial charge in [-0.3, -0.25) is 9.59 Å². The van der Waals surface area contributed by atoms with Crippen molar-refractivity contribution < 1.29 is 18.1 Å². The van der Waals surface area contributed by atoms with Crippen molar-refractivity contribution in [3.05, 3.63) is 91.2 Å². The van der Waals surface area contributed by atoms with E-state index in [2.05, 4.69) is 22.2 Å². The molecule has 9 heteroatoms. The normalized spacial score (nSPS) is 22.8. The van der Waals surface area contributed by atoms with Crippen LogP contribution in [0.3, 0.4) is 0 Å². The van der Waals surface area contributed by atoms with Crippen LogP contribution in [0.25, 0.3) is 11.1 Å². The Bertz CT molecular complexity index is 2010. The number of anilines is 3. The SMILES string of the molecule is [2H]C1([2H])Cc2sc3c(c2C([2H])([2H])C1([2H])[2H])CCN(c1cccc(-c2cc(Nc4ccc(C5CN(C)C5)cn4)c(=O)n(C)c2)c1CO)C3=O. The second kappa shape index (κ2) is 10.8. The smallest absolute Gasteiger partial charge is 0.274 e. The van der Waals surface area contributed by atoms with Crippen LogP contribution in [0.5, 0.6) is 0 Å². The molecule has 0 spiro atoms. The minimum atomic E-state index is -2.78. The third-order valence-electron chi connectivity index (χ3n) is 8.31. The second-order valence-electron chi connectivity index (χ2n) is 11.1. The quantitative estimate of drug-likeness (QED) is 0.335. The summed E-state index contributed by atoms with van der Waals surface area (Å²) in [7, 11) is 3.71. The zero-order valence-corrected chi connectivity index (χ0v) is 24.2. The van der Waals surface area contributed by atoms with Gasteiger partial charge in [0.2, 0.25) is 0 Å². The fraction of sp³-hybridized carbons (Fsp3) is 0.364. The fourth-order valence-electron chi connectivity index (χ4n) is 6.09. The van der Waals surface area contributed by atoms with Crippen molar-refractivity contribution in [3.8, 4) is 11.1 Å². The number of carbonyl (C=O) groups is 1. The van der Waals surface area contributed by atoms with Gasteiger partial charge >= 0.3 is 0 Å². The van der Waals surface area contributed by atoms with Gasteiger partial charge in [0.15, 0.2) is 0 Å². The van der Waals surface area contributed by atoms with Gasteiger partial charge in [0.05, 0.1) is 17.2 Å². The third kappa shape index (κ3) is 4.65. The Morgan fingerprint density at radius 1 is 1.12 bits per heavy atom. The van der Waals surface area contributed by atoms with E-state index >= 15 is 0 Å². The van der Waals surface area contributed by atoms with Gasteiger partial charge in [0, 0.05) is 69.2 Å². The fourth-order valence-corrected chi connectivity index (χ4v) is 7.28. The molecule has 0 radical (unpaired) electrons. The maximum Gasteiger partial charge on any atom is 0.274 e. The molecule has 3 aromatic heterocycles. The van der Waals surface area contributed by atoms with E-state index in [9.17, 15) is 14.7 Å². The summed E-state index contributed by atoms with van der Waals surface area (Å²) in [6.45, 7) is 1.72. The molecule has 7 rings (SSSR count). The predicted octanol–water partition coefficient (Wildman–Crippen LogP) is 4.86. The first-order valence-electron chi connectivity index (χ1n) is 17.0. The van der Waals surface area contributed by atoms with Crippen molar-refractivity contribution in [2.75, 3.05) is 36.9 Å². The molecule has 2 N–H and O–H groups in total. The monoisotopic (exact) mass is 587 g/mol. The number of likely N-dealkylation sites (N-methyl/N-ethyl adjacent to an activating group) is 1. The van der Waals surface area contributed by atoms with Crippen LogP contribution >= 0.6 is 11.3 Å². The molecule has 8 nitrogen and oxygen atoms in total. The van der Waals surface area contributed by atoms with Gasteiger partial charge in [-0.05, 0) is 79.5 Å². The van der Waals surface area contributed by atoms with E-state index in [1.807, 2.05) is 24.4 Å². The highest BCUT2D eigenvalue weighted by atomic mass is 32.1. The van der Waals surface area contributed by atoms with Crippen molar-refractivity contribution in [1.29, 1.82) is 0 Å². The molecule has 1 aliphatic carbocycles. The van der Waals surface area contributed by atoms with Gasteiger partial charge in [-0.25, -0.2) is 4.98 Å². The molecule has 1 saturated heterocycles. The van der Waals surface area contributed by atoms with Gasteiger partial charge < -0.3 is 24.8 Å². The molecule has 5 heterocycles. The lowest BCUT2D eigenvalue weighted by Gasteiger charge is -2.36. The van der Waals surface area contributed by atoms with Crippen molar-refractivity contribution in [3.63, 3.8) is 0 Å². The van der Waals surface area contributed by atoms with Crippen LogP contribution in [0.15, 0.2) is 53.6 Å². The van der Waals surface area contributed by atoms with E-state index in [0.717, 1.165) is 30.0 Å². The molecule has 0 saturated carbocycles. The number of thiophene rings is 1. The molecule has 42 heavy (non-hydrogen) atoms. The van der Waals surface area contributed by atoms with E-state index in [1.165, 1.54) is 9.47 Å². The molecule has 2 aliphatic heterocycles. The number of rotatable bonds is 6. The standard InChI is InChI=1S/C33H35N5O3S/c1-36-16-22(17-36)20-10-11-30(34-15-20)35-27-14-21(18-37(2)32(27)40)23-7-5-8-28(26(23)19-39)38-13-12-25-24-6-3-4-9-29(24)42-31(25)33(38)41/h5,7-8,10-11,14-15,18,22,39H,3-4,6,9,12-13,16-17,19H2,1-2H3,(H,34,35)/i3D2,4D2,6D2. The largest absolute Gasteiger partial charge is 0.392 e. The Morgan fingerprint density at radius 2 is 1.98 bits per heavy atom. The Kier molecular flexibility index (Phi) is 5.40. The van der Waals surface area contributed by atoms with E-state index in [4.69, 9.17) is 8.22 Å². The van der Waals surface area contributed by atoms with Gasteiger partial charge in [0.25, 0.3) is 11.5 Å². The van der Waals surface area contributed by atoms with E-state index < -0.39 is 31.6 Å². The molecule has 1 amide bonds. The van der Waals surface area contributed by atoms with Crippen LogP contribution in [0.4, 0.5) is 17.2 Å². The summed E-state index contributed by atoms with van der Waals surface area (Å²) >= 11 is 1.02. The summed E-state index contributed by atoms with van der Waals surface area (Å²) in [5.41, 5.74) is 3.89. The Morgan fingerprint density at radius 3 is 2.74 bits per heavy atom. The first-order valence-corrected chi connectivity index (χ1v) is 14.8. The number of aliphatic hydroxyl groups excluding tert-OH is 1. The molecule has 1 fully saturated rings. The van der Waals surface area contributed by atoms with Crippen LogP contribution in [0.1, 0.15) is 63.7 Å². The number of nitrogens with zero attached hydrogens (tertiary/aromatic N) is 4. The number of aliphatic hydroxyl groups is 1. The Balaban J connectivity index is 1.22. The van der Waals surface area contributed by atoms with Crippen molar-refractivity contribution in [2.24, 2.45) is 7.05 Å². The van der Waals surface area contributed by atoms with Crippen molar-refractivity contribution in [2.45, 2.75) is 44.5 Å². The lowest BCUT2D eigenvalue weighted by Crippen LogP contribution is -2.41. The van der Waals surface area contributed by atoms with E-state index in [-0.39, 0.29) is 35.4 Å². The zero-order chi connectivity index (χ0) is 34.3. The third-order valence-corrected chi connectivity index (χ3v) is 9.53. The molecular formula is C33H35N5O3S. The summed E-state index contributed by atoms with van der Waals surface area (Å²) < 4.78 is 51.8. The average Bonchev–Trinajstić information content (AvgIpc) is 3.40. The Labute approximate surface area is 257 Å². The molecular weight excluding hydrogens is 546 g/mol. The van der Waals surface area contributed by atoms with Gasteiger partial charge in [-0.15, -0.1) is 11.3 Å². The van der Waals surface area contributed by atoms with E-state index in [0.29, 0.717) is 50.2 Å². The number of carbonyl (C=O) groups excluding carboxylic acids is 1. The van der Waals surface area contributed by atoms with E-state index in [1.54, 1.807) is 31.4 Å². The molecule has 4 aromatic rings. The minimum absolute atomic E-state index is 0.0942. The minimum Gasteiger partial charge on any atom is -0.392 e. The number of fused-ring (bicyclic) bond motifs is 3. The number of hydrogen-bond donors (Lipinski definition) is 2. The molecule has 0 bridgehead atoms. The molecule has 3 aliphatic rings. The molecule has 1 aromatic carbocycles. The summed E-state index contributed by atoms with van der Waals surface area (Å²) in [5, 5.41) is 13.8. The zero-order valence-electron chi connectivity index (χ0n) is 29.4. The van der Waals surface area contributed by atoms with Gasteiger partial charge in [-0.2, -0.15) is 0 Å². The molecule has 216 valence electrons. The maximum atomic E-state index is 14.0. The second-order valence-corrected chi connectivity index (χ2v) is 12.2. The molecule has 0 atom stereocenters. The number of aryl methyl sites for hydroxylation is 2. The highest BCUT2D eigenvalue weighted by Gasteiger charge is 2.33. The summed E-state index contributed by atoms with van der Waals surface area (Å²) in [6, 6.07) is 10.9. The topological polar surface area (TPSA) is 90.7 Å². The summed E-state index contributed by atoms with van der Waals surface area (Å²) in [5.74, 6) is 0.558. The summed E-state index contributed by atoms with van der Waals surface area (Å²) in [6.07, 6.45) is -4.43. The average molecular weight is 588 g/mol. The maximum absolute atomic E-state index is 14.0. The molecule has 0 unspecified atom stereocenters. The number of pyridine rings is 2. The van der Waals surface area contributed by atoms with Crippen molar-refractivity contribution >= 4 is 34.4 Å². The first kappa shape index (κ1) is 21.0. The van der Waals surface area contributed by atoms with Gasteiger partial charge in [0.1, 0.15) is 11.5 Å². The van der Waals surface area contributed by atoms with Crippen molar-refractivity contribution in [1.82, 2.24) is 14.5 Å². The highest BCUT2D eigenvalue weighted by Crippen LogP contribution is 2.40. The summed E-state index contributed by atoms with van der Waals surface area (Å²) in [4.78, 5) is 36.1. The van der Waals surface area contributed by atoms with Crippen LogP contribution in [0, 0.1) is 0 Å². The number of hydrogen-bond acceptors (Lipinski definition) is 7. The predicted molar refractivity (Wildman–Crippen MR) is 167 cm³/mol. The number of likely N-dealkylation sites (tertiary alicyclic amines) is 1. The number of nitrogens with one attached hydrogen (secondary N) is 1. The number of benzene rings is 1. The Hall–Kier alpha value is -3.79. The van der Waals surface area contributed by atoms with Crippen LogP contribution in [-0.2, 0) is 32.9 Å². The van der Waals surface area contributed by atoms with Crippen LogP contribution in [-0.4, -0.2) is 52.1 Å². The lowest BCUT2D eigenvalue weighted by atomic mass is 9.91. The van der Waals surface area contributed by atoms with Gasteiger partial charge in [-0.1, -0.05) is 18.2 Å². The van der Waals surface area contributed by atoms with Crippen LogP contribution in [0.2, 0.25) is 0 Å².